The van der Waals surface area contributed by atoms with Crippen LogP contribution in [0.25, 0.3) is 0 Å². The van der Waals surface area contributed by atoms with Crippen LogP contribution in [0.15, 0.2) is 69.4 Å². The number of nitrogens with zero attached hydrogens (tertiary/aromatic N) is 3. The first-order valence-corrected chi connectivity index (χ1v) is 11.6. The molecule has 1 saturated heterocycles. The minimum atomic E-state index is 0. The number of hydrogen-bond acceptors (Lipinski definition) is 3. The third kappa shape index (κ3) is 7.98. The number of hydrogen-bond donors (Lipinski definition) is 1. The number of guanidine groups is 1. The second-order valence-electron chi connectivity index (χ2n) is 7.40. The molecule has 1 atom stereocenters. The van der Waals surface area contributed by atoms with Crippen LogP contribution in [0.2, 0.25) is 0 Å². The zero-order valence-electron chi connectivity index (χ0n) is 17.7. The Bertz CT molecular complexity index is 827. The van der Waals surface area contributed by atoms with Gasteiger partial charge in [-0.05, 0) is 50.3 Å². The number of halogens is 1. The molecule has 0 radical (unpaired) electrons. The quantitative estimate of drug-likeness (QED) is 0.169. The topological polar surface area (TPSA) is 49.6 Å². The predicted molar refractivity (Wildman–Crippen MR) is 138 cm³/mol. The average molecular weight is 541 g/mol. The number of unbranched alkanes of at least 4 members (excludes halogenated alkanes) is 1. The molecule has 1 aliphatic heterocycles. The van der Waals surface area contributed by atoms with Crippen LogP contribution < -0.4 is 10.9 Å². The Labute approximate surface area is 201 Å². The summed E-state index contributed by atoms with van der Waals surface area (Å²) in [7, 11) is 0. The van der Waals surface area contributed by atoms with Gasteiger partial charge in [0.2, 0.25) is 5.56 Å². The van der Waals surface area contributed by atoms with Gasteiger partial charge in [-0.3, -0.25) is 9.79 Å². The monoisotopic (exact) mass is 540 g/mol. The standard InChI is InChI=1S/C23H32N4OS.HI/c1-2-24-23(25-14-7-9-16-26-15-8-6-12-22(26)28)27-17-13-20(18-27)19-29-21-10-4-3-5-11-21;/h3-6,8,10-12,15,20H,2,7,9,13-14,16-19H2,1H3,(H,24,25);1H. The van der Waals surface area contributed by atoms with E-state index in [-0.39, 0.29) is 29.5 Å². The molecule has 1 fully saturated rings. The zero-order valence-corrected chi connectivity index (χ0v) is 20.9. The molecule has 3 rings (SSSR count). The van der Waals surface area contributed by atoms with Gasteiger partial charge < -0.3 is 14.8 Å². The maximum atomic E-state index is 11.7. The molecule has 2 heterocycles. The molecule has 0 bridgehead atoms. The van der Waals surface area contributed by atoms with Gasteiger partial charge in [0.15, 0.2) is 5.96 Å². The molecule has 0 saturated carbocycles. The molecule has 2 aromatic rings. The Kier molecular flexibility index (Phi) is 11.4. The van der Waals surface area contributed by atoms with Crippen molar-refractivity contribution < 1.29 is 0 Å². The van der Waals surface area contributed by atoms with Gasteiger partial charge >= 0.3 is 0 Å². The molecule has 30 heavy (non-hydrogen) atoms. The fraction of sp³-hybridized carbons (Fsp3) is 0.478. The van der Waals surface area contributed by atoms with Crippen molar-refractivity contribution >= 4 is 41.7 Å². The highest BCUT2D eigenvalue weighted by Crippen LogP contribution is 2.25. The lowest BCUT2D eigenvalue weighted by atomic mass is 10.2. The number of aromatic nitrogens is 1. The number of aliphatic imine (C=N–C) groups is 1. The summed E-state index contributed by atoms with van der Waals surface area (Å²) < 4.78 is 1.77. The minimum Gasteiger partial charge on any atom is -0.357 e. The Morgan fingerprint density at radius 3 is 2.73 bits per heavy atom. The van der Waals surface area contributed by atoms with Crippen molar-refractivity contribution in [2.24, 2.45) is 10.9 Å². The first-order valence-electron chi connectivity index (χ1n) is 10.6. The second kappa shape index (κ2) is 13.7. The molecule has 5 nitrogen and oxygen atoms in total. The molecule has 1 aromatic carbocycles. The van der Waals surface area contributed by atoms with E-state index in [1.165, 1.54) is 11.3 Å². The molecule has 0 amide bonds. The third-order valence-corrected chi connectivity index (χ3v) is 6.36. The summed E-state index contributed by atoms with van der Waals surface area (Å²) in [5.74, 6) is 2.90. The molecule has 164 valence electrons. The average Bonchev–Trinajstić information content (AvgIpc) is 3.22. The smallest absolute Gasteiger partial charge is 0.250 e. The minimum absolute atomic E-state index is 0. The molecule has 1 aliphatic rings. The number of pyridine rings is 1. The van der Waals surface area contributed by atoms with Gasteiger partial charge in [0.1, 0.15) is 0 Å². The highest BCUT2D eigenvalue weighted by molar-refractivity contribution is 14.0. The molecule has 7 heteroatoms. The van der Waals surface area contributed by atoms with Crippen molar-refractivity contribution in [2.45, 2.75) is 37.6 Å². The van der Waals surface area contributed by atoms with E-state index in [2.05, 4.69) is 47.5 Å². The van der Waals surface area contributed by atoms with Crippen molar-refractivity contribution in [2.75, 3.05) is 31.9 Å². The lowest BCUT2D eigenvalue weighted by Crippen LogP contribution is -2.40. The van der Waals surface area contributed by atoms with Crippen molar-refractivity contribution in [1.29, 1.82) is 0 Å². The van der Waals surface area contributed by atoms with Crippen molar-refractivity contribution in [3.63, 3.8) is 0 Å². The molecule has 1 aromatic heterocycles. The van der Waals surface area contributed by atoms with E-state index < -0.39 is 0 Å². The summed E-state index contributed by atoms with van der Waals surface area (Å²) >= 11 is 1.95. The highest BCUT2D eigenvalue weighted by atomic mass is 127. The Balaban J connectivity index is 0.00000320. The Morgan fingerprint density at radius 1 is 1.17 bits per heavy atom. The first kappa shape index (κ1) is 24.8. The van der Waals surface area contributed by atoms with Gasteiger partial charge in [0, 0.05) is 55.6 Å². The maximum Gasteiger partial charge on any atom is 0.250 e. The number of benzene rings is 1. The molecule has 1 unspecified atom stereocenters. The third-order valence-electron chi connectivity index (χ3n) is 5.12. The summed E-state index contributed by atoms with van der Waals surface area (Å²) in [6.45, 7) is 6.71. The Morgan fingerprint density at radius 2 is 1.97 bits per heavy atom. The van der Waals surface area contributed by atoms with Crippen LogP contribution in [0, 0.1) is 5.92 Å². The highest BCUT2D eigenvalue weighted by Gasteiger charge is 2.24. The van der Waals surface area contributed by atoms with E-state index in [1.54, 1.807) is 16.7 Å². The van der Waals surface area contributed by atoms with Gasteiger partial charge in [-0.15, -0.1) is 35.7 Å². The van der Waals surface area contributed by atoms with Crippen LogP contribution in [-0.4, -0.2) is 47.4 Å². The maximum absolute atomic E-state index is 11.7. The fourth-order valence-electron chi connectivity index (χ4n) is 3.54. The van der Waals surface area contributed by atoms with E-state index >= 15 is 0 Å². The first-order chi connectivity index (χ1) is 14.3. The summed E-state index contributed by atoms with van der Waals surface area (Å²) in [6.07, 6.45) is 5.02. The lowest BCUT2D eigenvalue weighted by molar-refractivity contribution is 0.473. The van der Waals surface area contributed by atoms with Crippen LogP contribution in [0.1, 0.15) is 26.2 Å². The molecule has 0 aliphatic carbocycles. The number of nitrogens with one attached hydrogen (secondary N) is 1. The molecule has 0 spiro atoms. The van der Waals surface area contributed by atoms with Crippen LogP contribution >= 0.6 is 35.7 Å². The van der Waals surface area contributed by atoms with E-state index in [4.69, 9.17) is 4.99 Å². The van der Waals surface area contributed by atoms with E-state index in [9.17, 15) is 4.79 Å². The normalized spacial score (nSPS) is 16.4. The summed E-state index contributed by atoms with van der Waals surface area (Å²) in [5, 5.41) is 3.45. The summed E-state index contributed by atoms with van der Waals surface area (Å²) in [5.41, 5.74) is 0.0702. The van der Waals surface area contributed by atoms with Crippen LogP contribution in [0.5, 0.6) is 0 Å². The molecular formula is C23H33IN4OS. The van der Waals surface area contributed by atoms with Gasteiger partial charge in [-0.25, -0.2) is 0 Å². The lowest BCUT2D eigenvalue weighted by Gasteiger charge is -2.21. The van der Waals surface area contributed by atoms with Gasteiger partial charge in [-0.1, -0.05) is 24.3 Å². The largest absolute Gasteiger partial charge is 0.357 e. The van der Waals surface area contributed by atoms with Crippen LogP contribution in [-0.2, 0) is 6.54 Å². The summed E-state index contributed by atoms with van der Waals surface area (Å²) in [4.78, 5) is 20.3. The second-order valence-corrected chi connectivity index (χ2v) is 8.49. The number of thioether (sulfide) groups is 1. The van der Waals surface area contributed by atoms with Crippen molar-refractivity contribution in [1.82, 2.24) is 14.8 Å². The Hall–Kier alpha value is -1.48. The van der Waals surface area contributed by atoms with Crippen LogP contribution in [0.3, 0.4) is 0 Å². The van der Waals surface area contributed by atoms with E-state index in [0.29, 0.717) is 5.92 Å². The summed E-state index contributed by atoms with van der Waals surface area (Å²) in [6, 6.07) is 16.0. The predicted octanol–water partition coefficient (Wildman–Crippen LogP) is 4.33. The molecule has 1 N–H and O–H groups in total. The number of rotatable bonds is 9. The van der Waals surface area contributed by atoms with Gasteiger partial charge in [0.25, 0.3) is 0 Å². The van der Waals surface area contributed by atoms with Crippen molar-refractivity contribution in [3.8, 4) is 0 Å². The van der Waals surface area contributed by atoms with E-state index in [0.717, 1.165) is 57.3 Å². The number of likely N-dealkylation sites (tertiary alicyclic amines) is 1. The van der Waals surface area contributed by atoms with Gasteiger partial charge in [0.05, 0.1) is 0 Å². The zero-order chi connectivity index (χ0) is 20.3. The van der Waals surface area contributed by atoms with Gasteiger partial charge in [-0.2, -0.15) is 0 Å². The van der Waals surface area contributed by atoms with Crippen LogP contribution in [0.4, 0.5) is 0 Å². The van der Waals surface area contributed by atoms with E-state index in [1.807, 2.05) is 24.0 Å². The molecular weight excluding hydrogens is 507 g/mol. The number of aryl methyl sites for hydroxylation is 1. The van der Waals surface area contributed by atoms with Crippen molar-refractivity contribution in [3.05, 3.63) is 65.1 Å². The fourth-order valence-corrected chi connectivity index (χ4v) is 4.59. The SMILES string of the molecule is CCNC(=NCCCCn1ccccc1=O)N1CCC(CSc2ccccc2)C1.I.